The third-order valence-electron chi connectivity index (χ3n) is 3.60. The average Bonchev–Trinajstić information content (AvgIpc) is 2.39. The predicted octanol–water partition coefficient (Wildman–Crippen LogP) is 1.40. The van der Waals surface area contributed by atoms with Gasteiger partial charge in [-0.3, -0.25) is 4.79 Å². The molecule has 2 N–H and O–H groups in total. The van der Waals surface area contributed by atoms with Crippen LogP contribution in [0.15, 0.2) is 29.2 Å². The van der Waals surface area contributed by atoms with Crippen LogP contribution in [-0.2, 0) is 14.8 Å². The lowest BCUT2D eigenvalue weighted by Crippen LogP contribution is -2.39. The summed E-state index contributed by atoms with van der Waals surface area (Å²) >= 11 is 0. The Morgan fingerprint density at radius 2 is 1.79 bits per heavy atom. The summed E-state index contributed by atoms with van der Waals surface area (Å²) in [6.45, 7) is 0. The summed E-state index contributed by atoms with van der Waals surface area (Å²) in [4.78, 5) is 11.4. The van der Waals surface area contributed by atoms with Crippen LogP contribution in [0.5, 0.6) is 0 Å². The molecule has 0 aliphatic heterocycles. The highest BCUT2D eigenvalue weighted by atomic mass is 32.2. The lowest BCUT2D eigenvalue weighted by molar-refractivity contribution is -0.120. The summed E-state index contributed by atoms with van der Waals surface area (Å²) < 4.78 is 26.3. The Kier molecular flexibility index (Phi) is 3.91. The molecule has 104 valence electrons. The van der Waals surface area contributed by atoms with Crippen molar-refractivity contribution in [3.63, 3.8) is 0 Å². The van der Waals surface area contributed by atoms with Crippen LogP contribution in [0.3, 0.4) is 0 Å². The second-order valence-corrected chi connectivity index (χ2v) is 6.79. The van der Waals surface area contributed by atoms with E-state index in [4.69, 9.17) is 5.73 Å². The summed E-state index contributed by atoms with van der Waals surface area (Å²) in [7, 11) is -2.03. The number of hydrogen-bond donors (Lipinski definition) is 1. The molecule has 0 heterocycles. The SMILES string of the molecule is CN(C1CCC(=O)CC1)S(=O)(=O)c1ccccc1N. The molecule has 0 radical (unpaired) electrons. The van der Waals surface area contributed by atoms with Gasteiger partial charge in [0.2, 0.25) is 10.0 Å². The number of para-hydroxylation sites is 1. The van der Waals surface area contributed by atoms with E-state index >= 15 is 0 Å². The van der Waals surface area contributed by atoms with Gasteiger partial charge < -0.3 is 5.73 Å². The van der Waals surface area contributed by atoms with Crippen molar-refractivity contribution in [2.24, 2.45) is 0 Å². The van der Waals surface area contributed by atoms with Crippen LogP contribution in [0, 0.1) is 0 Å². The Balaban J connectivity index is 2.25. The second-order valence-electron chi connectivity index (χ2n) is 4.83. The van der Waals surface area contributed by atoms with Gasteiger partial charge in [0.15, 0.2) is 0 Å². The standard InChI is InChI=1S/C13H18N2O3S/c1-15(10-6-8-11(16)9-7-10)19(17,18)13-5-3-2-4-12(13)14/h2-5,10H,6-9,14H2,1H3. The molecule has 1 aromatic rings. The first-order valence-electron chi connectivity index (χ1n) is 6.27. The number of nitrogens with two attached hydrogens (primary N) is 1. The van der Waals surface area contributed by atoms with Gasteiger partial charge in [0.1, 0.15) is 10.7 Å². The van der Waals surface area contributed by atoms with Crippen LogP contribution in [0.25, 0.3) is 0 Å². The molecule has 0 spiro atoms. The molecule has 1 saturated carbocycles. The number of sulfonamides is 1. The van der Waals surface area contributed by atoms with Gasteiger partial charge in [-0.25, -0.2) is 8.42 Å². The van der Waals surface area contributed by atoms with Gasteiger partial charge in [-0.1, -0.05) is 12.1 Å². The topological polar surface area (TPSA) is 80.5 Å². The molecule has 0 bridgehead atoms. The number of rotatable bonds is 3. The number of hydrogen-bond acceptors (Lipinski definition) is 4. The fourth-order valence-corrected chi connectivity index (χ4v) is 3.88. The molecule has 0 saturated heterocycles. The van der Waals surface area contributed by atoms with Crippen LogP contribution in [0.2, 0.25) is 0 Å². The zero-order chi connectivity index (χ0) is 14.0. The maximum atomic E-state index is 12.5. The first-order chi connectivity index (χ1) is 8.93. The Labute approximate surface area is 113 Å². The van der Waals surface area contributed by atoms with Crippen molar-refractivity contribution in [1.29, 1.82) is 0 Å². The van der Waals surface area contributed by atoms with E-state index in [-0.39, 0.29) is 22.4 Å². The minimum Gasteiger partial charge on any atom is -0.398 e. The van der Waals surface area contributed by atoms with Crippen molar-refractivity contribution in [1.82, 2.24) is 4.31 Å². The summed E-state index contributed by atoms with van der Waals surface area (Å²) in [5.41, 5.74) is 5.99. The summed E-state index contributed by atoms with van der Waals surface area (Å²) in [6, 6.07) is 6.32. The largest absolute Gasteiger partial charge is 0.398 e. The molecular weight excluding hydrogens is 264 g/mol. The molecule has 0 amide bonds. The van der Waals surface area contributed by atoms with Crippen molar-refractivity contribution in [2.75, 3.05) is 12.8 Å². The quantitative estimate of drug-likeness (QED) is 0.850. The molecule has 6 heteroatoms. The molecule has 0 aromatic heterocycles. The van der Waals surface area contributed by atoms with Crippen molar-refractivity contribution >= 4 is 21.5 Å². The van der Waals surface area contributed by atoms with Gasteiger partial charge >= 0.3 is 0 Å². The molecule has 1 aliphatic carbocycles. The van der Waals surface area contributed by atoms with E-state index in [1.807, 2.05) is 0 Å². The van der Waals surface area contributed by atoms with E-state index in [9.17, 15) is 13.2 Å². The maximum Gasteiger partial charge on any atom is 0.245 e. The molecule has 19 heavy (non-hydrogen) atoms. The van der Waals surface area contributed by atoms with E-state index in [0.717, 1.165) is 0 Å². The number of benzene rings is 1. The fraction of sp³-hybridized carbons (Fsp3) is 0.462. The van der Waals surface area contributed by atoms with Crippen LogP contribution in [0.1, 0.15) is 25.7 Å². The van der Waals surface area contributed by atoms with E-state index < -0.39 is 10.0 Å². The Bertz CT molecular complexity index is 573. The summed E-state index contributed by atoms with van der Waals surface area (Å²) in [5, 5.41) is 0. The van der Waals surface area contributed by atoms with Gasteiger partial charge in [-0.2, -0.15) is 4.31 Å². The average molecular weight is 282 g/mol. The van der Waals surface area contributed by atoms with Gasteiger partial charge in [0.05, 0.1) is 5.69 Å². The van der Waals surface area contributed by atoms with Gasteiger partial charge in [-0.15, -0.1) is 0 Å². The third-order valence-corrected chi connectivity index (χ3v) is 5.59. The van der Waals surface area contributed by atoms with Crippen LogP contribution in [-0.4, -0.2) is 31.6 Å². The second kappa shape index (κ2) is 5.30. The highest BCUT2D eigenvalue weighted by Gasteiger charge is 2.31. The lowest BCUT2D eigenvalue weighted by Gasteiger charge is -2.30. The van der Waals surface area contributed by atoms with Crippen LogP contribution < -0.4 is 5.73 Å². The van der Waals surface area contributed by atoms with E-state index in [0.29, 0.717) is 25.7 Å². The molecule has 0 atom stereocenters. The molecule has 1 fully saturated rings. The molecular formula is C13H18N2O3S. The minimum absolute atomic E-state index is 0.123. The van der Waals surface area contributed by atoms with Gasteiger partial charge in [0.25, 0.3) is 0 Å². The zero-order valence-electron chi connectivity index (χ0n) is 10.9. The van der Waals surface area contributed by atoms with E-state index in [1.54, 1.807) is 25.2 Å². The highest BCUT2D eigenvalue weighted by molar-refractivity contribution is 7.89. The molecule has 1 aromatic carbocycles. The normalized spacial score (nSPS) is 17.9. The van der Waals surface area contributed by atoms with Gasteiger partial charge in [0, 0.05) is 25.9 Å². The molecule has 0 unspecified atom stereocenters. The van der Waals surface area contributed by atoms with E-state index in [1.165, 1.54) is 10.4 Å². The van der Waals surface area contributed by atoms with Crippen molar-refractivity contribution in [2.45, 2.75) is 36.6 Å². The third kappa shape index (κ3) is 2.79. The maximum absolute atomic E-state index is 12.5. The number of ketones is 1. The van der Waals surface area contributed by atoms with Crippen molar-refractivity contribution in [3.8, 4) is 0 Å². The highest BCUT2D eigenvalue weighted by Crippen LogP contribution is 2.27. The number of carbonyl (C=O) groups is 1. The smallest absolute Gasteiger partial charge is 0.245 e. The fourth-order valence-electron chi connectivity index (χ4n) is 2.35. The Morgan fingerprint density at radius 1 is 1.21 bits per heavy atom. The first-order valence-corrected chi connectivity index (χ1v) is 7.71. The summed E-state index contributed by atoms with van der Waals surface area (Å²) in [5.74, 6) is 0.210. The number of nitrogens with zero attached hydrogens (tertiary/aromatic N) is 1. The first kappa shape index (κ1) is 14.0. The summed E-state index contributed by atoms with van der Waals surface area (Å²) in [6.07, 6.45) is 2.08. The van der Waals surface area contributed by atoms with Crippen LogP contribution in [0.4, 0.5) is 5.69 Å². The minimum atomic E-state index is -3.59. The van der Waals surface area contributed by atoms with Gasteiger partial charge in [-0.05, 0) is 25.0 Å². The predicted molar refractivity (Wildman–Crippen MR) is 73.1 cm³/mol. The number of anilines is 1. The van der Waals surface area contributed by atoms with Crippen molar-refractivity contribution in [3.05, 3.63) is 24.3 Å². The molecule has 5 nitrogen and oxygen atoms in total. The zero-order valence-corrected chi connectivity index (χ0v) is 11.7. The Hall–Kier alpha value is -1.40. The molecule has 2 rings (SSSR count). The van der Waals surface area contributed by atoms with Crippen molar-refractivity contribution < 1.29 is 13.2 Å². The Morgan fingerprint density at radius 3 is 2.37 bits per heavy atom. The lowest BCUT2D eigenvalue weighted by atomic mass is 9.95. The molecule has 1 aliphatic rings. The number of Topliss-reactive ketones (excluding diaryl/α,β-unsaturated/α-hetero) is 1. The number of carbonyl (C=O) groups excluding carboxylic acids is 1. The van der Waals surface area contributed by atoms with Crippen LogP contribution >= 0.6 is 0 Å². The van der Waals surface area contributed by atoms with E-state index in [2.05, 4.69) is 0 Å². The monoisotopic (exact) mass is 282 g/mol. The number of nitrogen functional groups attached to an aromatic ring is 1.